The van der Waals surface area contributed by atoms with Crippen LogP contribution in [0.3, 0.4) is 0 Å². The van der Waals surface area contributed by atoms with E-state index in [1.54, 1.807) is 25.3 Å². The standard InChI is InChI=1S/C20H22Cl2N2O4S/c1-14(25)15-3-6-19(28-2)16(11-15)13-23-7-9-24(10-8-23)29(26,27)20-12-17(21)4-5-18(20)22/h3-6,11-12H,7-10,13H2,1-2H3. The van der Waals surface area contributed by atoms with Crippen LogP contribution in [0.4, 0.5) is 0 Å². The second-order valence-corrected chi connectivity index (χ2v) is 9.59. The lowest BCUT2D eigenvalue weighted by Crippen LogP contribution is -2.48. The van der Waals surface area contributed by atoms with Gasteiger partial charge >= 0.3 is 0 Å². The van der Waals surface area contributed by atoms with Crippen molar-refractivity contribution in [2.75, 3.05) is 33.3 Å². The van der Waals surface area contributed by atoms with Crippen molar-refractivity contribution >= 4 is 39.0 Å². The van der Waals surface area contributed by atoms with Crippen LogP contribution in [0.15, 0.2) is 41.3 Å². The number of carbonyl (C=O) groups excluding carboxylic acids is 1. The summed E-state index contributed by atoms with van der Waals surface area (Å²) in [5.41, 5.74) is 1.52. The summed E-state index contributed by atoms with van der Waals surface area (Å²) in [5, 5.41) is 0.478. The maximum Gasteiger partial charge on any atom is 0.244 e. The molecule has 0 aliphatic carbocycles. The van der Waals surface area contributed by atoms with E-state index in [1.165, 1.54) is 23.4 Å². The van der Waals surface area contributed by atoms with Gasteiger partial charge in [0.25, 0.3) is 0 Å². The molecular formula is C20H22Cl2N2O4S. The van der Waals surface area contributed by atoms with Gasteiger partial charge < -0.3 is 4.74 Å². The Kier molecular flexibility index (Phi) is 6.86. The molecule has 29 heavy (non-hydrogen) atoms. The van der Waals surface area contributed by atoms with E-state index in [0.717, 1.165) is 5.56 Å². The summed E-state index contributed by atoms with van der Waals surface area (Å²) in [6.07, 6.45) is 0. The number of ether oxygens (including phenoxy) is 1. The van der Waals surface area contributed by atoms with Crippen molar-refractivity contribution in [3.05, 3.63) is 57.6 Å². The molecule has 0 amide bonds. The number of Topliss-reactive ketones (excluding diaryl/α,β-unsaturated/α-hetero) is 1. The fraction of sp³-hybridized carbons (Fsp3) is 0.350. The van der Waals surface area contributed by atoms with Gasteiger partial charge in [-0.2, -0.15) is 4.31 Å². The minimum Gasteiger partial charge on any atom is -0.496 e. The quantitative estimate of drug-likeness (QED) is 0.619. The second-order valence-electron chi connectivity index (χ2n) is 6.84. The summed E-state index contributed by atoms with van der Waals surface area (Å²) >= 11 is 12.0. The fourth-order valence-corrected chi connectivity index (χ4v) is 5.46. The van der Waals surface area contributed by atoms with E-state index in [4.69, 9.17) is 27.9 Å². The van der Waals surface area contributed by atoms with Gasteiger partial charge in [0, 0.05) is 48.9 Å². The average molecular weight is 457 g/mol. The fourth-order valence-electron chi connectivity index (χ4n) is 3.30. The normalized spacial score (nSPS) is 16.0. The molecule has 1 aliphatic rings. The molecule has 0 N–H and O–H groups in total. The highest BCUT2D eigenvalue weighted by Crippen LogP contribution is 2.29. The monoisotopic (exact) mass is 456 g/mol. The Balaban J connectivity index is 1.72. The summed E-state index contributed by atoms with van der Waals surface area (Å²) < 4.78 is 32.7. The van der Waals surface area contributed by atoms with Gasteiger partial charge in [-0.05, 0) is 43.3 Å². The molecule has 2 aromatic rings. The molecule has 6 nitrogen and oxygen atoms in total. The third-order valence-corrected chi connectivity index (χ3v) is 7.54. The largest absolute Gasteiger partial charge is 0.496 e. The summed E-state index contributed by atoms with van der Waals surface area (Å²) in [6.45, 7) is 3.85. The molecule has 0 bridgehead atoms. The molecule has 0 radical (unpaired) electrons. The highest BCUT2D eigenvalue weighted by molar-refractivity contribution is 7.89. The first-order chi connectivity index (χ1) is 13.7. The molecule has 0 atom stereocenters. The number of benzene rings is 2. The molecule has 156 valence electrons. The van der Waals surface area contributed by atoms with Crippen molar-refractivity contribution in [2.45, 2.75) is 18.4 Å². The lowest BCUT2D eigenvalue weighted by atomic mass is 10.1. The first-order valence-corrected chi connectivity index (χ1v) is 11.3. The number of hydrogen-bond donors (Lipinski definition) is 0. The zero-order valence-corrected chi connectivity index (χ0v) is 18.5. The van der Waals surface area contributed by atoms with Gasteiger partial charge in [-0.25, -0.2) is 8.42 Å². The Morgan fingerprint density at radius 1 is 1.07 bits per heavy atom. The molecule has 1 saturated heterocycles. The number of hydrogen-bond acceptors (Lipinski definition) is 5. The van der Waals surface area contributed by atoms with Crippen molar-refractivity contribution in [1.29, 1.82) is 0 Å². The van der Waals surface area contributed by atoms with E-state index in [1.807, 2.05) is 6.07 Å². The van der Waals surface area contributed by atoms with Crippen LogP contribution in [0.5, 0.6) is 5.75 Å². The number of piperazine rings is 1. The summed E-state index contributed by atoms with van der Waals surface area (Å²) in [6, 6.07) is 9.78. The highest BCUT2D eigenvalue weighted by atomic mass is 35.5. The molecule has 0 saturated carbocycles. The van der Waals surface area contributed by atoms with Gasteiger partial charge in [-0.1, -0.05) is 23.2 Å². The third kappa shape index (κ3) is 4.92. The zero-order chi connectivity index (χ0) is 21.2. The molecule has 1 aliphatic heterocycles. The molecule has 0 unspecified atom stereocenters. The van der Waals surface area contributed by atoms with Gasteiger partial charge in [0.2, 0.25) is 10.0 Å². The SMILES string of the molecule is COc1ccc(C(C)=O)cc1CN1CCN(S(=O)(=O)c2cc(Cl)ccc2Cl)CC1. The smallest absolute Gasteiger partial charge is 0.244 e. The van der Waals surface area contributed by atoms with Crippen LogP contribution in [0.2, 0.25) is 10.0 Å². The Morgan fingerprint density at radius 2 is 1.76 bits per heavy atom. The minimum absolute atomic E-state index is 0.0109. The van der Waals surface area contributed by atoms with Crippen molar-refractivity contribution < 1.29 is 17.9 Å². The van der Waals surface area contributed by atoms with Gasteiger partial charge in [0.1, 0.15) is 10.6 Å². The number of methoxy groups -OCH3 is 1. The van der Waals surface area contributed by atoms with Crippen LogP contribution >= 0.6 is 23.2 Å². The highest BCUT2D eigenvalue weighted by Gasteiger charge is 2.30. The number of nitrogens with zero attached hydrogens (tertiary/aromatic N) is 2. The molecule has 1 fully saturated rings. The predicted molar refractivity (Wildman–Crippen MR) is 113 cm³/mol. The molecule has 9 heteroatoms. The Labute approximate surface area is 181 Å². The molecule has 0 aromatic heterocycles. The number of ketones is 1. The van der Waals surface area contributed by atoms with Crippen LogP contribution in [0.25, 0.3) is 0 Å². The maximum absolute atomic E-state index is 13.0. The molecule has 0 spiro atoms. The number of rotatable bonds is 6. The van der Waals surface area contributed by atoms with E-state index in [0.29, 0.717) is 49.1 Å². The molecular weight excluding hydrogens is 435 g/mol. The summed E-state index contributed by atoms with van der Waals surface area (Å²) in [7, 11) is -2.13. The van der Waals surface area contributed by atoms with Gasteiger partial charge in [0.05, 0.1) is 12.1 Å². The van der Waals surface area contributed by atoms with E-state index in [9.17, 15) is 13.2 Å². The van der Waals surface area contributed by atoms with Crippen LogP contribution in [-0.4, -0.2) is 56.7 Å². The molecule has 3 rings (SSSR count). The average Bonchev–Trinajstić information content (AvgIpc) is 2.70. The Bertz CT molecular complexity index is 1020. The van der Waals surface area contributed by atoms with Gasteiger partial charge in [-0.3, -0.25) is 9.69 Å². The van der Waals surface area contributed by atoms with Crippen LogP contribution in [0.1, 0.15) is 22.8 Å². The maximum atomic E-state index is 13.0. The topological polar surface area (TPSA) is 66.9 Å². The third-order valence-electron chi connectivity index (χ3n) is 4.92. The first-order valence-electron chi connectivity index (χ1n) is 9.08. The van der Waals surface area contributed by atoms with Gasteiger partial charge in [-0.15, -0.1) is 0 Å². The first kappa shape index (κ1) is 22.1. The van der Waals surface area contributed by atoms with Crippen molar-refractivity contribution in [3.63, 3.8) is 0 Å². The number of halogens is 2. The Morgan fingerprint density at radius 3 is 2.38 bits per heavy atom. The van der Waals surface area contributed by atoms with Crippen molar-refractivity contribution in [3.8, 4) is 5.75 Å². The molecule has 2 aromatic carbocycles. The van der Waals surface area contributed by atoms with E-state index >= 15 is 0 Å². The van der Waals surface area contributed by atoms with Gasteiger partial charge in [0.15, 0.2) is 5.78 Å². The van der Waals surface area contributed by atoms with E-state index in [-0.39, 0.29) is 15.7 Å². The van der Waals surface area contributed by atoms with E-state index in [2.05, 4.69) is 4.90 Å². The van der Waals surface area contributed by atoms with E-state index < -0.39 is 10.0 Å². The van der Waals surface area contributed by atoms with Crippen LogP contribution < -0.4 is 4.74 Å². The second kappa shape index (κ2) is 9.02. The summed E-state index contributed by atoms with van der Waals surface area (Å²) in [4.78, 5) is 13.8. The molecule has 1 heterocycles. The van der Waals surface area contributed by atoms with Crippen molar-refractivity contribution in [2.24, 2.45) is 0 Å². The number of sulfonamides is 1. The lowest BCUT2D eigenvalue weighted by Gasteiger charge is -2.34. The zero-order valence-electron chi connectivity index (χ0n) is 16.2. The number of carbonyl (C=O) groups is 1. The minimum atomic E-state index is -3.72. The Hall–Kier alpha value is -1.64. The van der Waals surface area contributed by atoms with Crippen LogP contribution in [-0.2, 0) is 16.6 Å². The van der Waals surface area contributed by atoms with Crippen molar-refractivity contribution in [1.82, 2.24) is 9.21 Å². The van der Waals surface area contributed by atoms with Crippen LogP contribution in [0, 0.1) is 0 Å². The predicted octanol–water partition coefficient (Wildman–Crippen LogP) is 3.71. The lowest BCUT2D eigenvalue weighted by molar-refractivity contribution is 0.101. The summed E-state index contributed by atoms with van der Waals surface area (Å²) in [5.74, 6) is 0.693.